The number of aromatic amines is 1. The van der Waals surface area contributed by atoms with E-state index >= 15 is 0 Å². The second-order valence-corrected chi connectivity index (χ2v) is 6.58. The SMILES string of the molecule is CC(=O)Nc1nc2ccc(-c3cccc(C(=O)NCc4ccccn4)c3)cc2[nH]1. The molecule has 2 aromatic heterocycles. The average molecular weight is 385 g/mol. The van der Waals surface area contributed by atoms with E-state index < -0.39 is 0 Å². The maximum atomic E-state index is 12.5. The second-order valence-electron chi connectivity index (χ2n) is 6.58. The molecule has 0 unspecified atom stereocenters. The van der Waals surface area contributed by atoms with Crippen LogP contribution in [0.15, 0.2) is 66.9 Å². The molecule has 4 aromatic rings. The van der Waals surface area contributed by atoms with Crippen molar-refractivity contribution >= 4 is 28.8 Å². The lowest BCUT2D eigenvalue weighted by molar-refractivity contribution is -0.114. The Bertz CT molecular complexity index is 1180. The van der Waals surface area contributed by atoms with Crippen LogP contribution in [0.1, 0.15) is 23.0 Å². The van der Waals surface area contributed by atoms with Crippen LogP contribution in [0.5, 0.6) is 0 Å². The first-order chi connectivity index (χ1) is 14.1. The Labute approximate surface area is 167 Å². The highest BCUT2D eigenvalue weighted by molar-refractivity contribution is 5.96. The first-order valence-electron chi connectivity index (χ1n) is 9.14. The molecule has 0 aliphatic carbocycles. The predicted molar refractivity (Wildman–Crippen MR) is 111 cm³/mol. The zero-order valence-electron chi connectivity index (χ0n) is 15.8. The highest BCUT2D eigenvalue weighted by Crippen LogP contribution is 2.25. The summed E-state index contributed by atoms with van der Waals surface area (Å²) >= 11 is 0. The van der Waals surface area contributed by atoms with Gasteiger partial charge in [-0.15, -0.1) is 0 Å². The van der Waals surface area contributed by atoms with Crippen molar-refractivity contribution in [1.82, 2.24) is 20.3 Å². The zero-order valence-corrected chi connectivity index (χ0v) is 15.8. The Kier molecular flexibility index (Phi) is 5.03. The number of anilines is 1. The van der Waals surface area contributed by atoms with Gasteiger partial charge in [0.1, 0.15) is 0 Å². The Morgan fingerprint density at radius 3 is 2.66 bits per heavy atom. The van der Waals surface area contributed by atoms with Gasteiger partial charge in [0.2, 0.25) is 11.9 Å². The summed E-state index contributed by atoms with van der Waals surface area (Å²) in [4.78, 5) is 35.4. The van der Waals surface area contributed by atoms with E-state index in [1.54, 1.807) is 12.3 Å². The summed E-state index contributed by atoms with van der Waals surface area (Å²) in [5.74, 6) is 0.0639. The van der Waals surface area contributed by atoms with Gasteiger partial charge in [-0.05, 0) is 47.5 Å². The smallest absolute Gasteiger partial charge is 0.251 e. The molecule has 7 heteroatoms. The van der Waals surface area contributed by atoms with Crippen molar-refractivity contribution in [2.45, 2.75) is 13.5 Å². The van der Waals surface area contributed by atoms with E-state index in [2.05, 4.69) is 25.6 Å². The molecule has 0 atom stereocenters. The van der Waals surface area contributed by atoms with Crippen LogP contribution < -0.4 is 10.6 Å². The number of pyridine rings is 1. The molecular weight excluding hydrogens is 366 g/mol. The van der Waals surface area contributed by atoms with Crippen LogP contribution in [-0.4, -0.2) is 26.8 Å². The van der Waals surface area contributed by atoms with Crippen molar-refractivity contribution in [2.75, 3.05) is 5.32 Å². The van der Waals surface area contributed by atoms with Gasteiger partial charge in [-0.2, -0.15) is 0 Å². The highest BCUT2D eigenvalue weighted by atomic mass is 16.2. The van der Waals surface area contributed by atoms with Gasteiger partial charge in [0, 0.05) is 18.7 Å². The average Bonchev–Trinajstić information content (AvgIpc) is 3.13. The van der Waals surface area contributed by atoms with Gasteiger partial charge in [-0.3, -0.25) is 19.9 Å². The molecular formula is C22H19N5O2. The molecule has 144 valence electrons. The zero-order chi connectivity index (χ0) is 20.2. The number of aromatic nitrogens is 3. The van der Waals surface area contributed by atoms with E-state index in [0.29, 0.717) is 18.1 Å². The maximum absolute atomic E-state index is 12.5. The highest BCUT2D eigenvalue weighted by Gasteiger charge is 2.09. The fourth-order valence-corrected chi connectivity index (χ4v) is 3.03. The molecule has 0 fully saturated rings. The van der Waals surface area contributed by atoms with Crippen molar-refractivity contribution in [3.05, 3.63) is 78.1 Å². The minimum Gasteiger partial charge on any atom is -0.346 e. The number of rotatable bonds is 5. The first-order valence-corrected chi connectivity index (χ1v) is 9.14. The van der Waals surface area contributed by atoms with Crippen molar-refractivity contribution in [3.8, 4) is 11.1 Å². The maximum Gasteiger partial charge on any atom is 0.251 e. The van der Waals surface area contributed by atoms with Gasteiger partial charge in [0.15, 0.2) is 0 Å². The van der Waals surface area contributed by atoms with E-state index in [0.717, 1.165) is 27.9 Å². The molecule has 2 amide bonds. The number of fused-ring (bicyclic) bond motifs is 1. The van der Waals surface area contributed by atoms with Crippen LogP contribution in [-0.2, 0) is 11.3 Å². The minimum atomic E-state index is -0.186. The van der Waals surface area contributed by atoms with Crippen molar-refractivity contribution in [3.63, 3.8) is 0 Å². The van der Waals surface area contributed by atoms with Crippen molar-refractivity contribution in [2.24, 2.45) is 0 Å². The van der Waals surface area contributed by atoms with Crippen LogP contribution in [0, 0.1) is 0 Å². The number of amides is 2. The fourth-order valence-electron chi connectivity index (χ4n) is 3.03. The predicted octanol–water partition coefficient (Wildman–Crippen LogP) is 3.51. The molecule has 3 N–H and O–H groups in total. The number of hydrogen-bond donors (Lipinski definition) is 3. The van der Waals surface area contributed by atoms with Crippen LogP contribution in [0.2, 0.25) is 0 Å². The molecule has 0 saturated carbocycles. The molecule has 29 heavy (non-hydrogen) atoms. The van der Waals surface area contributed by atoms with Crippen LogP contribution in [0.25, 0.3) is 22.2 Å². The van der Waals surface area contributed by atoms with E-state index in [1.807, 2.05) is 54.6 Å². The van der Waals surface area contributed by atoms with Crippen LogP contribution in [0.3, 0.4) is 0 Å². The quantitative estimate of drug-likeness (QED) is 0.489. The lowest BCUT2D eigenvalue weighted by Crippen LogP contribution is -2.23. The number of H-pyrrole nitrogens is 1. The van der Waals surface area contributed by atoms with E-state index in [1.165, 1.54) is 6.92 Å². The number of nitrogens with zero attached hydrogens (tertiary/aromatic N) is 2. The number of imidazole rings is 1. The molecule has 0 spiro atoms. The summed E-state index contributed by atoms with van der Waals surface area (Å²) in [7, 11) is 0. The lowest BCUT2D eigenvalue weighted by atomic mass is 10.0. The topological polar surface area (TPSA) is 99.8 Å². The molecule has 0 bridgehead atoms. The van der Waals surface area contributed by atoms with Gasteiger partial charge < -0.3 is 10.3 Å². The third-order valence-corrected chi connectivity index (χ3v) is 4.39. The van der Waals surface area contributed by atoms with Crippen molar-refractivity contribution < 1.29 is 9.59 Å². The molecule has 2 aromatic carbocycles. The first kappa shape index (κ1) is 18.4. The largest absolute Gasteiger partial charge is 0.346 e. The lowest BCUT2D eigenvalue weighted by Gasteiger charge is -2.07. The number of hydrogen-bond acceptors (Lipinski definition) is 4. The molecule has 4 rings (SSSR count). The van der Waals surface area contributed by atoms with E-state index in [9.17, 15) is 9.59 Å². The Hall–Kier alpha value is -4.00. The third-order valence-electron chi connectivity index (χ3n) is 4.39. The van der Waals surface area contributed by atoms with E-state index in [-0.39, 0.29) is 11.8 Å². The van der Waals surface area contributed by atoms with E-state index in [4.69, 9.17) is 0 Å². The monoisotopic (exact) mass is 385 g/mol. The summed E-state index contributed by atoms with van der Waals surface area (Å²) in [5.41, 5.74) is 4.78. The molecule has 7 nitrogen and oxygen atoms in total. The van der Waals surface area contributed by atoms with Gasteiger partial charge in [0.05, 0.1) is 23.3 Å². The molecule has 0 aliphatic heterocycles. The summed E-state index contributed by atoms with van der Waals surface area (Å²) in [5, 5.41) is 5.53. The Morgan fingerprint density at radius 1 is 1.00 bits per heavy atom. The van der Waals surface area contributed by atoms with Gasteiger partial charge >= 0.3 is 0 Å². The third kappa shape index (κ3) is 4.30. The van der Waals surface area contributed by atoms with Crippen LogP contribution >= 0.6 is 0 Å². The Morgan fingerprint density at radius 2 is 1.86 bits per heavy atom. The van der Waals surface area contributed by atoms with Crippen molar-refractivity contribution in [1.29, 1.82) is 0 Å². The minimum absolute atomic E-state index is 0.159. The van der Waals surface area contributed by atoms with Crippen LogP contribution in [0.4, 0.5) is 5.95 Å². The normalized spacial score (nSPS) is 10.7. The summed E-state index contributed by atoms with van der Waals surface area (Å²) in [6.45, 7) is 1.80. The summed E-state index contributed by atoms with van der Waals surface area (Å²) < 4.78 is 0. The van der Waals surface area contributed by atoms with Gasteiger partial charge in [0.25, 0.3) is 5.91 Å². The molecule has 2 heterocycles. The summed E-state index contributed by atoms with van der Waals surface area (Å²) in [6, 6.07) is 18.8. The standard InChI is InChI=1S/C22H19N5O2/c1-14(28)25-22-26-19-9-8-16(12-20(19)27-22)15-5-4-6-17(11-15)21(29)24-13-18-7-2-3-10-23-18/h2-12H,13H2,1H3,(H,24,29)(H2,25,26,27,28). The Balaban J connectivity index is 1.54. The number of nitrogens with one attached hydrogen (secondary N) is 3. The molecule has 0 radical (unpaired) electrons. The number of carbonyl (C=O) groups excluding carboxylic acids is 2. The molecule has 0 saturated heterocycles. The molecule has 0 aliphatic rings. The van der Waals surface area contributed by atoms with Gasteiger partial charge in [-0.25, -0.2) is 4.98 Å². The number of benzene rings is 2. The fraction of sp³-hybridized carbons (Fsp3) is 0.0909. The number of carbonyl (C=O) groups is 2. The second kappa shape index (κ2) is 7.93. The summed E-state index contributed by atoms with van der Waals surface area (Å²) in [6.07, 6.45) is 1.70. The van der Waals surface area contributed by atoms with Gasteiger partial charge in [-0.1, -0.05) is 24.3 Å².